The highest BCUT2D eigenvalue weighted by molar-refractivity contribution is 6.33. The van der Waals surface area contributed by atoms with E-state index < -0.39 is 12.4 Å². The van der Waals surface area contributed by atoms with Crippen LogP contribution in [0.4, 0.5) is 10.3 Å². The topological polar surface area (TPSA) is 94.3 Å². The molecule has 6 rings (SSSR count). The average molecular weight is 510 g/mol. The van der Waals surface area contributed by atoms with Gasteiger partial charge in [-0.2, -0.15) is 0 Å². The number of rotatable bonds is 5. The Kier molecular flexibility index (Phi) is 5.88. The first-order valence-electron chi connectivity index (χ1n) is 11.9. The lowest BCUT2D eigenvalue weighted by molar-refractivity contribution is -0.156. The van der Waals surface area contributed by atoms with Crippen molar-refractivity contribution in [1.82, 2.24) is 19.5 Å². The maximum Gasteiger partial charge on any atom is 0.223 e. The Morgan fingerprint density at radius 3 is 2.86 bits per heavy atom. The fourth-order valence-corrected chi connectivity index (χ4v) is 5.25. The molecule has 2 aliphatic heterocycles. The Labute approximate surface area is 212 Å². The van der Waals surface area contributed by atoms with Crippen LogP contribution in [0, 0.1) is 5.82 Å². The first-order chi connectivity index (χ1) is 17.4. The third kappa shape index (κ3) is 4.02. The van der Waals surface area contributed by atoms with Crippen LogP contribution in [-0.4, -0.2) is 55.8 Å². The normalized spacial score (nSPS) is 23.5. The van der Waals surface area contributed by atoms with Gasteiger partial charge in [0.15, 0.2) is 6.29 Å². The van der Waals surface area contributed by atoms with E-state index in [2.05, 4.69) is 38.7 Å². The summed E-state index contributed by atoms with van der Waals surface area (Å²) in [7, 11) is 0. The van der Waals surface area contributed by atoms with Gasteiger partial charge in [0, 0.05) is 34.9 Å². The minimum Gasteiger partial charge on any atom is -0.386 e. The van der Waals surface area contributed by atoms with Gasteiger partial charge >= 0.3 is 0 Å². The zero-order valence-electron chi connectivity index (χ0n) is 19.7. The summed E-state index contributed by atoms with van der Waals surface area (Å²) in [6.45, 7) is 4.56. The highest BCUT2D eigenvalue weighted by atomic mass is 35.5. The van der Waals surface area contributed by atoms with Crippen LogP contribution in [-0.2, 0) is 9.47 Å². The number of hydrogen-bond acceptors (Lipinski definition) is 7. The quantitative estimate of drug-likeness (QED) is 0.398. The number of fused-ring (bicyclic) bond motifs is 3. The number of pyridine rings is 1. The first kappa shape index (κ1) is 23.3. The summed E-state index contributed by atoms with van der Waals surface area (Å²) in [4.78, 5) is 13.1. The lowest BCUT2D eigenvalue weighted by Gasteiger charge is -2.32. The Morgan fingerprint density at radius 2 is 2.08 bits per heavy atom. The molecule has 10 heteroatoms. The van der Waals surface area contributed by atoms with Crippen LogP contribution in [0.5, 0.6) is 0 Å². The van der Waals surface area contributed by atoms with Crippen LogP contribution in [0.3, 0.4) is 0 Å². The molecular weight excluding hydrogens is 485 g/mol. The van der Waals surface area contributed by atoms with Gasteiger partial charge in [0.05, 0.1) is 46.9 Å². The number of aromatic nitrogens is 4. The van der Waals surface area contributed by atoms with E-state index in [1.54, 1.807) is 12.4 Å². The van der Waals surface area contributed by atoms with Gasteiger partial charge in [0.1, 0.15) is 11.9 Å². The molecule has 0 saturated carbocycles. The molecule has 2 aliphatic rings. The molecule has 0 aliphatic carbocycles. The van der Waals surface area contributed by atoms with E-state index in [-0.39, 0.29) is 30.0 Å². The number of nitrogens with zero attached hydrogens (tertiary/aromatic N) is 4. The van der Waals surface area contributed by atoms with Crippen LogP contribution in [0.25, 0.3) is 33.4 Å². The molecule has 3 aromatic heterocycles. The van der Waals surface area contributed by atoms with Crippen molar-refractivity contribution in [3.63, 3.8) is 0 Å². The standard InChI is InChI=1S/C26H25ClFN5O3/c1-13(2)33-21(14-4-3-5-29-10-14)9-17-19(28)6-15(7-22(17)33)23-18(27)11-30-26(32-23)31-20-8-16-12-35-25(36-16)24(20)34/h3-7,9-11,13,16,20,24-25,34H,8,12H2,1-2H3,(H,30,31,32)/t16-,20?,24-,25+/m0/s1. The summed E-state index contributed by atoms with van der Waals surface area (Å²) in [5.74, 6) is -0.0830. The first-order valence-corrected chi connectivity index (χ1v) is 12.3. The minimum atomic E-state index is -0.861. The summed E-state index contributed by atoms with van der Waals surface area (Å²) >= 11 is 6.49. The van der Waals surface area contributed by atoms with Crippen LogP contribution in [0.15, 0.2) is 48.9 Å². The number of anilines is 1. The molecule has 5 heterocycles. The molecule has 4 aromatic rings. The predicted octanol–water partition coefficient (Wildman–Crippen LogP) is 4.82. The Hall–Kier alpha value is -3.11. The molecule has 186 valence electrons. The SMILES string of the molecule is CC(C)n1c(-c2cccnc2)cc2c(F)cc(-c3nc(NC4C[C@H]5CO[C@H](O5)[C@H]4O)ncc3Cl)cc21. The summed E-state index contributed by atoms with van der Waals surface area (Å²) in [5, 5.41) is 14.5. The largest absolute Gasteiger partial charge is 0.386 e. The summed E-state index contributed by atoms with van der Waals surface area (Å²) in [6, 6.07) is 8.73. The van der Waals surface area contributed by atoms with E-state index in [0.717, 1.165) is 16.8 Å². The van der Waals surface area contributed by atoms with Crippen molar-refractivity contribution >= 4 is 28.5 Å². The van der Waals surface area contributed by atoms with Gasteiger partial charge in [-0.05, 0) is 50.6 Å². The summed E-state index contributed by atoms with van der Waals surface area (Å²) < 4.78 is 28.6. The van der Waals surface area contributed by atoms with Crippen LogP contribution < -0.4 is 5.32 Å². The fraction of sp³-hybridized carbons (Fsp3) is 0.346. The number of halogens is 2. The number of aliphatic hydroxyl groups excluding tert-OH is 1. The molecule has 36 heavy (non-hydrogen) atoms. The van der Waals surface area contributed by atoms with Crippen LogP contribution >= 0.6 is 11.6 Å². The maximum absolute atomic E-state index is 15.5. The smallest absolute Gasteiger partial charge is 0.223 e. The lowest BCUT2D eigenvalue weighted by atomic mass is 10.0. The van der Waals surface area contributed by atoms with E-state index >= 15 is 4.39 Å². The molecule has 0 amide bonds. The zero-order valence-corrected chi connectivity index (χ0v) is 20.5. The van der Waals surface area contributed by atoms with Gasteiger partial charge in [-0.1, -0.05) is 11.6 Å². The molecule has 2 bridgehead atoms. The Morgan fingerprint density at radius 1 is 1.22 bits per heavy atom. The molecule has 2 saturated heterocycles. The average Bonchev–Trinajstić information content (AvgIpc) is 3.46. The second-order valence-electron chi connectivity index (χ2n) is 9.45. The summed E-state index contributed by atoms with van der Waals surface area (Å²) in [6.07, 6.45) is 3.91. The van der Waals surface area contributed by atoms with Crippen molar-refractivity contribution in [2.24, 2.45) is 0 Å². The molecule has 2 fully saturated rings. The molecule has 4 atom stereocenters. The van der Waals surface area contributed by atoms with E-state index in [1.165, 1.54) is 12.3 Å². The van der Waals surface area contributed by atoms with Crippen molar-refractivity contribution in [3.8, 4) is 22.5 Å². The Balaban J connectivity index is 1.41. The highest BCUT2D eigenvalue weighted by Gasteiger charge is 2.43. The van der Waals surface area contributed by atoms with Crippen LogP contribution in [0.2, 0.25) is 5.02 Å². The molecule has 2 N–H and O–H groups in total. The number of ether oxygens (including phenoxy) is 2. The number of nitrogens with one attached hydrogen (secondary N) is 1. The highest BCUT2D eigenvalue weighted by Crippen LogP contribution is 2.37. The van der Waals surface area contributed by atoms with Gasteiger partial charge in [-0.3, -0.25) is 4.98 Å². The monoisotopic (exact) mass is 509 g/mol. The maximum atomic E-state index is 15.5. The van der Waals surface area contributed by atoms with Crippen LogP contribution in [0.1, 0.15) is 26.3 Å². The number of benzene rings is 1. The fourth-order valence-electron chi connectivity index (χ4n) is 5.05. The third-order valence-corrected chi connectivity index (χ3v) is 6.97. The van der Waals surface area contributed by atoms with E-state index in [1.807, 2.05) is 24.3 Å². The van der Waals surface area contributed by atoms with E-state index in [0.29, 0.717) is 34.7 Å². The zero-order chi connectivity index (χ0) is 25.0. The predicted molar refractivity (Wildman–Crippen MR) is 134 cm³/mol. The number of hydrogen-bond donors (Lipinski definition) is 2. The Bertz CT molecular complexity index is 1430. The molecule has 0 spiro atoms. The molecule has 8 nitrogen and oxygen atoms in total. The minimum absolute atomic E-state index is 0.0676. The van der Waals surface area contributed by atoms with Gasteiger partial charge in [0.2, 0.25) is 5.95 Å². The number of aliphatic hydroxyl groups is 1. The van der Waals surface area contributed by atoms with Crippen molar-refractivity contribution in [3.05, 3.63) is 59.8 Å². The van der Waals surface area contributed by atoms with Crippen molar-refractivity contribution in [1.29, 1.82) is 0 Å². The van der Waals surface area contributed by atoms with Gasteiger partial charge in [-0.25, -0.2) is 14.4 Å². The second kappa shape index (κ2) is 9.08. The molecule has 0 radical (unpaired) electrons. The molecule has 1 unspecified atom stereocenters. The molecule has 1 aromatic carbocycles. The van der Waals surface area contributed by atoms with Crippen molar-refractivity contribution in [2.75, 3.05) is 11.9 Å². The summed E-state index contributed by atoms with van der Waals surface area (Å²) in [5.41, 5.74) is 3.45. The van der Waals surface area contributed by atoms with Gasteiger partial charge < -0.3 is 24.5 Å². The van der Waals surface area contributed by atoms with E-state index in [4.69, 9.17) is 21.1 Å². The van der Waals surface area contributed by atoms with Crippen molar-refractivity contribution < 1.29 is 19.0 Å². The van der Waals surface area contributed by atoms with Gasteiger partial charge in [-0.15, -0.1) is 0 Å². The van der Waals surface area contributed by atoms with Gasteiger partial charge in [0.25, 0.3) is 0 Å². The van der Waals surface area contributed by atoms with Crippen molar-refractivity contribution in [2.45, 2.75) is 50.8 Å². The lowest BCUT2D eigenvalue weighted by Crippen LogP contribution is -2.48. The third-order valence-electron chi connectivity index (χ3n) is 6.69. The molecular formula is C26H25ClFN5O3. The second-order valence-corrected chi connectivity index (χ2v) is 9.86. The van der Waals surface area contributed by atoms with E-state index in [9.17, 15) is 5.11 Å².